The highest BCUT2D eigenvalue weighted by atomic mass is 31.2. The van der Waals surface area contributed by atoms with Crippen LogP contribution < -0.4 is 0 Å². The molecule has 5 atom stereocenters. The lowest BCUT2D eigenvalue weighted by atomic mass is 10.0. The summed E-state index contributed by atoms with van der Waals surface area (Å²) in [5.74, 6) is -0.0407. The van der Waals surface area contributed by atoms with Gasteiger partial charge in [0, 0.05) is 25.7 Å². The number of phosphoric ester groups is 2. The lowest BCUT2D eigenvalue weighted by Gasteiger charge is -2.21. The number of carbonyl (C=O) groups is 4. The summed E-state index contributed by atoms with van der Waals surface area (Å²) < 4.78 is 68.2. The highest BCUT2D eigenvalue weighted by Crippen LogP contribution is 2.45. The number of hydrogen-bond donors (Lipinski definition) is 3. The Hall–Kier alpha value is -1.94. The molecule has 0 aliphatic heterocycles. The van der Waals surface area contributed by atoms with Gasteiger partial charge in [-0.1, -0.05) is 305 Å². The van der Waals surface area contributed by atoms with Crippen LogP contribution in [-0.2, 0) is 65.4 Å². The monoisotopic (exact) mass is 1320 g/mol. The molecule has 0 amide bonds. The second kappa shape index (κ2) is 61.9. The average molecular weight is 1330 g/mol. The van der Waals surface area contributed by atoms with Gasteiger partial charge >= 0.3 is 39.5 Å². The number of esters is 4. The highest BCUT2D eigenvalue weighted by Gasteiger charge is 2.30. The zero-order chi connectivity index (χ0) is 66.6. The van der Waals surface area contributed by atoms with Gasteiger partial charge in [-0.15, -0.1) is 0 Å². The molecule has 0 bridgehead atoms. The van der Waals surface area contributed by atoms with Gasteiger partial charge in [0.1, 0.15) is 19.3 Å². The first kappa shape index (κ1) is 88.1. The predicted octanol–water partition coefficient (Wildman–Crippen LogP) is 20.2. The maximum absolute atomic E-state index is 13.0. The largest absolute Gasteiger partial charge is 0.472 e. The Bertz CT molecular complexity index is 1770. The van der Waals surface area contributed by atoms with Crippen molar-refractivity contribution in [2.75, 3.05) is 39.6 Å². The molecule has 0 fully saturated rings. The molecule has 0 saturated carbocycles. The van der Waals surface area contributed by atoms with E-state index in [0.29, 0.717) is 37.5 Å². The number of phosphoric acid groups is 2. The number of aliphatic hydroxyl groups excluding tert-OH is 1. The SMILES string of the molecule is CCCCCCCCCCCCCCCCCCCCCCC(=O)O[C@H](COC(=O)CCCCCCCCCCCC(C)C)COP(=O)(O)OC[C@@H](O)COP(=O)(O)OC[C@@H](COC(=O)CCCCCCCCC(C)C)OC(=O)CCCCCCCCC(C)C. The summed E-state index contributed by atoms with van der Waals surface area (Å²) in [6.45, 7) is 11.7. The molecule has 0 saturated heterocycles. The fourth-order valence-corrected chi connectivity index (χ4v) is 12.3. The summed E-state index contributed by atoms with van der Waals surface area (Å²) in [5.41, 5.74) is 0. The number of carbonyl (C=O) groups excluding carboxylic acids is 4. The summed E-state index contributed by atoms with van der Waals surface area (Å²) in [4.78, 5) is 72.4. The Morgan fingerprint density at radius 1 is 0.300 bits per heavy atom. The van der Waals surface area contributed by atoms with Gasteiger partial charge in [0.05, 0.1) is 26.4 Å². The second-order valence-corrected chi connectivity index (χ2v) is 30.0. The predicted molar refractivity (Wildman–Crippen MR) is 363 cm³/mol. The van der Waals surface area contributed by atoms with Crippen molar-refractivity contribution in [2.24, 2.45) is 17.8 Å². The fourth-order valence-electron chi connectivity index (χ4n) is 10.7. The third-order valence-electron chi connectivity index (χ3n) is 16.4. The zero-order valence-corrected chi connectivity index (χ0v) is 60.4. The summed E-state index contributed by atoms with van der Waals surface area (Å²) in [6.07, 6.45) is 46.4. The molecule has 0 aromatic carbocycles. The van der Waals surface area contributed by atoms with E-state index < -0.39 is 97.5 Å². The van der Waals surface area contributed by atoms with Crippen LogP contribution in [0.3, 0.4) is 0 Å². The molecule has 19 heteroatoms. The van der Waals surface area contributed by atoms with Crippen LogP contribution in [0.2, 0.25) is 0 Å². The van der Waals surface area contributed by atoms with E-state index in [9.17, 15) is 43.2 Å². The number of hydrogen-bond acceptors (Lipinski definition) is 15. The van der Waals surface area contributed by atoms with E-state index in [1.807, 2.05) is 0 Å². The van der Waals surface area contributed by atoms with Gasteiger partial charge in [-0.3, -0.25) is 37.3 Å². The van der Waals surface area contributed by atoms with Gasteiger partial charge in [0.25, 0.3) is 0 Å². The van der Waals surface area contributed by atoms with Crippen LogP contribution in [0.15, 0.2) is 0 Å². The number of unbranched alkanes of at least 4 members (excludes halogenated alkanes) is 37. The summed E-state index contributed by atoms with van der Waals surface area (Å²) >= 11 is 0. The first-order valence-corrected chi connectivity index (χ1v) is 39.8. The first-order chi connectivity index (χ1) is 43.2. The quantitative estimate of drug-likeness (QED) is 0.0222. The molecule has 3 N–H and O–H groups in total. The molecular formula is C71H138O17P2. The molecule has 0 spiro atoms. The Morgan fingerprint density at radius 3 is 0.756 bits per heavy atom. The van der Waals surface area contributed by atoms with E-state index in [-0.39, 0.29) is 25.7 Å². The smallest absolute Gasteiger partial charge is 0.462 e. The van der Waals surface area contributed by atoms with Gasteiger partial charge in [-0.2, -0.15) is 0 Å². The standard InChI is InChI=1S/C71H138O17P2/c1-8-9-10-11-12-13-14-15-16-17-18-19-20-21-22-23-26-30-40-47-54-70(75)87-66(58-81-68(73)52-45-38-29-27-24-25-28-35-42-49-62(2)3)60-85-89(77,78)83-56-65(72)57-84-90(79,80)86-61-67(88-71(76)55-48-41-34-32-37-44-51-64(6)7)59-82-69(74)53-46-39-33-31-36-43-50-63(4)5/h62-67,72H,8-61H2,1-7H3,(H,77,78)(H,79,80)/t65-,66-,67-/m1/s1. The highest BCUT2D eigenvalue weighted by molar-refractivity contribution is 7.47. The van der Waals surface area contributed by atoms with Crippen molar-refractivity contribution in [3.8, 4) is 0 Å². The van der Waals surface area contributed by atoms with Crippen LogP contribution in [0.25, 0.3) is 0 Å². The fraction of sp³-hybridized carbons (Fsp3) is 0.944. The van der Waals surface area contributed by atoms with Crippen molar-refractivity contribution < 1.29 is 80.2 Å². The van der Waals surface area contributed by atoms with Gasteiger partial charge in [0.2, 0.25) is 0 Å². The summed E-state index contributed by atoms with van der Waals surface area (Å²) in [6, 6.07) is 0. The van der Waals surface area contributed by atoms with Crippen LogP contribution in [0.4, 0.5) is 0 Å². The molecular weight excluding hydrogens is 1190 g/mol. The van der Waals surface area contributed by atoms with E-state index in [4.69, 9.17) is 37.0 Å². The van der Waals surface area contributed by atoms with Gasteiger partial charge in [0.15, 0.2) is 12.2 Å². The van der Waals surface area contributed by atoms with Crippen LogP contribution >= 0.6 is 15.6 Å². The first-order valence-electron chi connectivity index (χ1n) is 36.8. The van der Waals surface area contributed by atoms with Gasteiger partial charge in [-0.25, -0.2) is 9.13 Å². The third-order valence-corrected chi connectivity index (χ3v) is 18.3. The van der Waals surface area contributed by atoms with Crippen LogP contribution in [0, 0.1) is 17.8 Å². The topological polar surface area (TPSA) is 237 Å². The molecule has 0 aliphatic rings. The van der Waals surface area contributed by atoms with E-state index in [0.717, 1.165) is 102 Å². The van der Waals surface area contributed by atoms with Crippen LogP contribution in [0.1, 0.15) is 357 Å². The van der Waals surface area contributed by atoms with Gasteiger partial charge < -0.3 is 33.8 Å². The summed E-state index contributed by atoms with van der Waals surface area (Å²) in [5, 5.41) is 10.6. The maximum atomic E-state index is 13.0. The Balaban J connectivity index is 5.17. The molecule has 0 aliphatic carbocycles. The molecule has 534 valence electrons. The molecule has 0 rings (SSSR count). The van der Waals surface area contributed by atoms with Crippen molar-refractivity contribution >= 4 is 39.5 Å². The number of aliphatic hydroxyl groups is 1. The van der Waals surface area contributed by atoms with Gasteiger partial charge in [-0.05, 0) is 43.4 Å². The molecule has 17 nitrogen and oxygen atoms in total. The van der Waals surface area contributed by atoms with Crippen molar-refractivity contribution in [3.63, 3.8) is 0 Å². The van der Waals surface area contributed by atoms with E-state index in [2.05, 4.69) is 48.5 Å². The number of rotatable bonds is 69. The van der Waals surface area contributed by atoms with Crippen molar-refractivity contribution in [1.82, 2.24) is 0 Å². The molecule has 0 radical (unpaired) electrons. The normalized spacial score (nSPS) is 14.2. The van der Waals surface area contributed by atoms with Crippen LogP contribution in [0.5, 0.6) is 0 Å². The minimum Gasteiger partial charge on any atom is -0.462 e. The Labute approximate surface area is 549 Å². The zero-order valence-electron chi connectivity index (χ0n) is 58.6. The molecule has 2 unspecified atom stereocenters. The lowest BCUT2D eigenvalue weighted by molar-refractivity contribution is -0.161. The van der Waals surface area contributed by atoms with E-state index in [1.54, 1.807) is 0 Å². The molecule has 0 aromatic rings. The molecule has 0 heterocycles. The van der Waals surface area contributed by atoms with Crippen molar-refractivity contribution in [3.05, 3.63) is 0 Å². The Kier molecular flexibility index (Phi) is 60.6. The van der Waals surface area contributed by atoms with Crippen molar-refractivity contribution in [2.45, 2.75) is 375 Å². The lowest BCUT2D eigenvalue weighted by Crippen LogP contribution is -2.30. The molecule has 90 heavy (non-hydrogen) atoms. The van der Waals surface area contributed by atoms with E-state index >= 15 is 0 Å². The third kappa shape index (κ3) is 64.8. The van der Waals surface area contributed by atoms with Crippen molar-refractivity contribution in [1.29, 1.82) is 0 Å². The minimum absolute atomic E-state index is 0.101. The summed E-state index contributed by atoms with van der Waals surface area (Å²) in [7, 11) is -9.90. The molecule has 0 aromatic heterocycles. The number of ether oxygens (including phenoxy) is 4. The second-order valence-electron chi connectivity index (χ2n) is 27.1. The van der Waals surface area contributed by atoms with Crippen LogP contribution in [-0.4, -0.2) is 96.7 Å². The maximum Gasteiger partial charge on any atom is 0.472 e. The Morgan fingerprint density at radius 2 is 0.511 bits per heavy atom. The average Bonchev–Trinajstić information content (AvgIpc) is 3.21. The van der Waals surface area contributed by atoms with E-state index in [1.165, 1.54) is 161 Å². The minimum atomic E-state index is -4.95.